The van der Waals surface area contributed by atoms with E-state index in [1.54, 1.807) is 13.8 Å². The van der Waals surface area contributed by atoms with Gasteiger partial charge < -0.3 is 67.9 Å². The number of nitrogens with two attached hydrogens (primary N) is 1. The molecule has 63 heavy (non-hydrogen) atoms. The third-order valence-electron chi connectivity index (χ3n) is 10.1. The van der Waals surface area contributed by atoms with E-state index in [0.717, 1.165) is 0 Å². The van der Waals surface area contributed by atoms with Crippen molar-refractivity contribution in [3.63, 3.8) is 0 Å². The van der Waals surface area contributed by atoms with Crippen LogP contribution in [0, 0.1) is 5.92 Å². The van der Waals surface area contributed by atoms with Crippen LogP contribution in [-0.2, 0) is 60.8 Å². The van der Waals surface area contributed by atoms with Gasteiger partial charge in [0.25, 0.3) is 0 Å². The molecule has 1 aromatic carbocycles. The number of aromatic hydroxyl groups is 1. The molecule has 344 valence electrons. The van der Waals surface area contributed by atoms with E-state index in [9.17, 15) is 68.4 Å². The number of aliphatic carboxylic acids is 3. The van der Waals surface area contributed by atoms with Gasteiger partial charge in [-0.05, 0) is 43.4 Å². The van der Waals surface area contributed by atoms with Crippen molar-refractivity contribution >= 4 is 59.3 Å². The normalized spacial score (nSPS) is 16.7. The van der Waals surface area contributed by atoms with E-state index >= 15 is 0 Å². The summed E-state index contributed by atoms with van der Waals surface area (Å²) in [6.07, 6.45) is 1.71. The van der Waals surface area contributed by atoms with E-state index in [1.165, 1.54) is 48.6 Å². The van der Waals surface area contributed by atoms with Crippen molar-refractivity contribution in [2.75, 3.05) is 13.1 Å². The Hall–Kier alpha value is -7.11. The molecule has 1 aliphatic rings. The van der Waals surface area contributed by atoms with Crippen LogP contribution in [0.1, 0.15) is 64.1 Å². The number of aromatic amines is 1. The van der Waals surface area contributed by atoms with Crippen LogP contribution in [0.4, 0.5) is 0 Å². The number of aromatic nitrogens is 2. The summed E-state index contributed by atoms with van der Waals surface area (Å²) >= 11 is 0. The molecule has 2 heterocycles. The second-order valence-electron chi connectivity index (χ2n) is 15.0. The Bertz CT molecular complexity index is 1980. The lowest BCUT2D eigenvalue weighted by Crippen LogP contribution is -2.59. The predicted octanol–water partition coefficient (Wildman–Crippen LogP) is -3.14. The summed E-state index contributed by atoms with van der Waals surface area (Å²) in [4.78, 5) is 135. The Morgan fingerprint density at radius 2 is 1.41 bits per heavy atom. The summed E-state index contributed by atoms with van der Waals surface area (Å²) in [6.45, 7) is 3.98. The summed E-state index contributed by atoms with van der Waals surface area (Å²) in [5.74, 6) is -11.2. The van der Waals surface area contributed by atoms with Crippen LogP contribution in [0.15, 0.2) is 36.8 Å². The first-order valence-corrected chi connectivity index (χ1v) is 20.0. The number of imidazole rings is 1. The molecule has 0 saturated carbocycles. The molecular weight excluding hydrogens is 832 g/mol. The minimum atomic E-state index is -1.75. The number of likely N-dealkylation sites (tertiary alicyclic amines) is 1. The van der Waals surface area contributed by atoms with Crippen molar-refractivity contribution in [2.45, 2.75) is 108 Å². The third-order valence-corrected chi connectivity index (χ3v) is 10.1. The smallest absolute Gasteiger partial charge is 0.326 e. The summed E-state index contributed by atoms with van der Waals surface area (Å²) < 4.78 is 0. The molecule has 1 saturated heterocycles. The number of hydrogen-bond donors (Lipinski definition) is 12. The van der Waals surface area contributed by atoms with E-state index < -0.39 is 127 Å². The highest BCUT2D eigenvalue weighted by molar-refractivity contribution is 5.98. The topological polar surface area (TPSA) is 382 Å². The van der Waals surface area contributed by atoms with Crippen LogP contribution in [-0.4, -0.2) is 150 Å². The van der Waals surface area contributed by atoms with E-state index in [2.05, 4.69) is 41.9 Å². The molecule has 1 aromatic heterocycles. The molecule has 0 unspecified atom stereocenters. The number of H-pyrrole nitrogens is 1. The van der Waals surface area contributed by atoms with Gasteiger partial charge in [0.1, 0.15) is 42.0 Å². The zero-order chi connectivity index (χ0) is 47.0. The van der Waals surface area contributed by atoms with Crippen molar-refractivity contribution in [1.29, 1.82) is 0 Å². The molecule has 1 aliphatic heterocycles. The zero-order valence-corrected chi connectivity index (χ0v) is 34.8. The highest BCUT2D eigenvalue weighted by atomic mass is 16.4. The molecule has 13 N–H and O–H groups in total. The molecule has 2 aromatic rings. The Balaban J connectivity index is 1.61. The van der Waals surface area contributed by atoms with Gasteiger partial charge in [-0.25, -0.2) is 9.78 Å². The number of amides is 7. The number of phenolic OH excluding ortho intramolecular Hbond substituents is 1. The molecule has 24 nitrogen and oxygen atoms in total. The summed E-state index contributed by atoms with van der Waals surface area (Å²) in [7, 11) is 0. The quantitative estimate of drug-likeness (QED) is 0.0496. The summed E-state index contributed by atoms with van der Waals surface area (Å²) in [5.41, 5.74) is 6.87. The number of hydrogen-bond acceptors (Lipinski definition) is 13. The molecule has 7 amide bonds. The van der Waals surface area contributed by atoms with Crippen LogP contribution < -0.4 is 37.6 Å². The van der Waals surface area contributed by atoms with Gasteiger partial charge in [-0.2, -0.15) is 0 Å². The lowest BCUT2D eigenvalue weighted by Gasteiger charge is -2.30. The SMILES string of the molecule is CC[C@H](C)[C@H](NC(=O)[C@@H]1CCCN1C(=O)[C@H](C)NC(=O)[C@H](CC(=O)O)NC(=O)[C@@H](N)Cc1cnc[nH]1)C(=O)NCC(=O)N[C@@H](CC(=O)O)C(=O)N[C@@H](Cc1ccc(O)cc1)C(=O)O. The van der Waals surface area contributed by atoms with Crippen LogP contribution in [0.25, 0.3) is 0 Å². The Labute approximate surface area is 360 Å². The van der Waals surface area contributed by atoms with Crippen LogP contribution >= 0.6 is 0 Å². The molecule has 0 bridgehead atoms. The maximum absolute atomic E-state index is 13.7. The van der Waals surface area contributed by atoms with Gasteiger partial charge in [-0.3, -0.25) is 43.2 Å². The van der Waals surface area contributed by atoms with Crippen LogP contribution in [0.3, 0.4) is 0 Å². The van der Waals surface area contributed by atoms with Crippen molar-refractivity contribution in [3.8, 4) is 5.75 Å². The van der Waals surface area contributed by atoms with Crippen molar-refractivity contribution in [1.82, 2.24) is 46.8 Å². The maximum Gasteiger partial charge on any atom is 0.326 e. The zero-order valence-electron chi connectivity index (χ0n) is 34.8. The number of rotatable bonds is 24. The second-order valence-corrected chi connectivity index (χ2v) is 15.0. The number of nitrogens with zero attached hydrogens (tertiary/aromatic N) is 2. The number of carboxylic acid groups (broad SMARTS) is 3. The fourth-order valence-corrected chi connectivity index (χ4v) is 6.51. The van der Waals surface area contributed by atoms with Crippen molar-refractivity contribution < 1.29 is 68.4 Å². The Morgan fingerprint density at radius 1 is 0.810 bits per heavy atom. The van der Waals surface area contributed by atoms with E-state index in [-0.39, 0.29) is 31.6 Å². The maximum atomic E-state index is 13.7. The molecule has 1 fully saturated rings. The largest absolute Gasteiger partial charge is 0.508 e. The molecular formula is C39H54N10O14. The number of carbonyl (C=O) groups is 10. The number of carbonyl (C=O) groups excluding carboxylic acids is 7. The standard InChI is InChI=1S/C39H54N10O14/c1-4-19(2)32(37(60)42-17-29(51)45-25(14-30(52)53)35(58)47-27(39(62)63)12-21-7-9-23(50)10-8-21)48-36(59)28-6-5-11-49(28)38(61)20(3)44-34(57)26(15-31(54)55)46-33(56)24(40)13-22-16-41-18-43-22/h7-10,16,18-20,24-28,32,50H,4-6,11-15,17,40H2,1-3H3,(H,41,43)(H,42,60)(H,44,57)(H,45,51)(H,46,56)(H,47,58)(H,48,59)(H,52,53)(H,54,55)(H,62,63)/t19-,20-,24-,25-,26-,27-,28-,32-/m0/s1. The highest BCUT2D eigenvalue weighted by Crippen LogP contribution is 2.20. The highest BCUT2D eigenvalue weighted by Gasteiger charge is 2.39. The minimum Gasteiger partial charge on any atom is -0.508 e. The van der Waals surface area contributed by atoms with E-state index in [4.69, 9.17) is 5.73 Å². The first-order valence-electron chi connectivity index (χ1n) is 20.0. The van der Waals surface area contributed by atoms with Gasteiger partial charge in [-0.1, -0.05) is 32.4 Å². The summed E-state index contributed by atoms with van der Waals surface area (Å²) in [6, 6.07) is -4.26. The van der Waals surface area contributed by atoms with Crippen LogP contribution in [0.5, 0.6) is 5.75 Å². The summed E-state index contributed by atoms with van der Waals surface area (Å²) in [5, 5.41) is 52.0. The van der Waals surface area contributed by atoms with Gasteiger partial charge in [0.15, 0.2) is 0 Å². The average molecular weight is 887 g/mol. The number of carboxylic acids is 3. The number of nitrogens with one attached hydrogen (secondary N) is 7. The number of phenols is 1. The molecule has 0 aliphatic carbocycles. The van der Waals surface area contributed by atoms with E-state index in [1.807, 2.05) is 0 Å². The minimum absolute atomic E-state index is 0.00761. The Morgan fingerprint density at radius 3 is 1.98 bits per heavy atom. The molecule has 0 radical (unpaired) electrons. The lowest BCUT2D eigenvalue weighted by molar-refractivity contribution is -0.144. The van der Waals surface area contributed by atoms with Gasteiger partial charge in [-0.15, -0.1) is 0 Å². The van der Waals surface area contributed by atoms with Gasteiger partial charge in [0.2, 0.25) is 41.4 Å². The molecule has 24 heteroatoms. The molecule has 8 atom stereocenters. The van der Waals surface area contributed by atoms with Gasteiger partial charge >= 0.3 is 17.9 Å². The Kier molecular flexibility index (Phi) is 19.0. The fourth-order valence-electron chi connectivity index (χ4n) is 6.51. The number of benzene rings is 1. The monoisotopic (exact) mass is 886 g/mol. The van der Waals surface area contributed by atoms with Crippen molar-refractivity contribution in [2.24, 2.45) is 11.7 Å². The predicted molar refractivity (Wildman–Crippen MR) is 217 cm³/mol. The van der Waals surface area contributed by atoms with Gasteiger partial charge in [0.05, 0.1) is 31.8 Å². The molecule has 0 spiro atoms. The molecule has 3 rings (SSSR count). The first-order chi connectivity index (χ1) is 29.7. The van der Waals surface area contributed by atoms with E-state index in [0.29, 0.717) is 24.1 Å². The van der Waals surface area contributed by atoms with Crippen LogP contribution in [0.2, 0.25) is 0 Å². The van der Waals surface area contributed by atoms with Gasteiger partial charge in [0, 0.05) is 31.3 Å². The third kappa shape index (κ3) is 15.7. The average Bonchev–Trinajstić information content (AvgIpc) is 3.94. The lowest BCUT2D eigenvalue weighted by atomic mass is 9.97. The second kappa shape index (κ2) is 23.8. The fraction of sp³-hybridized carbons (Fsp3) is 0.513. The first kappa shape index (κ1) is 50.2. The van der Waals surface area contributed by atoms with Crippen molar-refractivity contribution in [3.05, 3.63) is 48.0 Å².